The maximum Gasteiger partial charge on any atom is 0.411 e. The fourth-order valence-electron chi connectivity index (χ4n) is 1.23. The van der Waals surface area contributed by atoms with Crippen molar-refractivity contribution in [2.45, 2.75) is 10.2 Å². The third-order valence-corrected chi connectivity index (χ3v) is 3.67. The Hall–Kier alpha value is -1.30. The van der Waals surface area contributed by atoms with Gasteiger partial charge in [0.15, 0.2) is 0 Å². The van der Waals surface area contributed by atoms with Gasteiger partial charge in [-0.3, -0.25) is 4.79 Å². The first-order valence-corrected chi connectivity index (χ1v) is 5.05. The Bertz CT molecular complexity index is 519. The first kappa shape index (κ1) is 9.26. The predicted octanol–water partition coefficient (Wildman–Crippen LogP) is 1.05. The number of ketones is 1. The van der Waals surface area contributed by atoms with Gasteiger partial charge >= 0.3 is 5.25 Å². The van der Waals surface area contributed by atoms with E-state index in [0.29, 0.717) is 0 Å². The molecule has 73 valence electrons. The van der Waals surface area contributed by atoms with E-state index in [1.54, 1.807) is 0 Å². The fraction of sp³-hybridized carbons (Fsp3) is 0.125. The van der Waals surface area contributed by atoms with Gasteiger partial charge in [-0.1, -0.05) is 12.1 Å². The number of sulfone groups is 1. The monoisotopic (exact) mass is 217 g/mol. The molecule has 14 heavy (non-hydrogen) atoms. The van der Waals surface area contributed by atoms with Crippen LogP contribution in [-0.2, 0) is 9.84 Å². The van der Waals surface area contributed by atoms with Crippen LogP contribution in [0.1, 0.15) is 10.4 Å². The predicted molar refractivity (Wildman–Crippen MR) is 41.7 cm³/mol. The Morgan fingerprint density at radius 1 is 1.36 bits per heavy atom. The number of halogens is 2. The van der Waals surface area contributed by atoms with Crippen LogP contribution in [0.5, 0.6) is 0 Å². The summed E-state index contributed by atoms with van der Waals surface area (Å²) in [7, 11) is -4.87. The third-order valence-electron chi connectivity index (χ3n) is 1.93. The number of Topliss-reactive ketones (excluding diaryl/α,β-unsaturated/α-hetero) is 1. The zero-order valence-electron chi connectivity index (χ0n) is 6.62. The average molecular weight is 217 g/mol. The van der Waals surface area contributed by atoms with Gasteiger partial charge in [0.05, 0.1) is 4.90 Å². The maximum atomic E-state index is 13.0. The summed E-state index contributed by atoms with van der Waals surface area (Å²) in [5.74, 6) is -1.68. The largest absolute Gasteiger partial charge is 0.411 e. The molecule has 2 rings (SSSR count). The summed E-state index contributed by atoms with van der Waals surface area (Å²) in [6.45, 7) is 0. The van der Waals surface area contributed by atoms with E-state index in [4.69, 9.17) is 0 Å². The molecular formula is C8H3F2O3S. The second kappa shape index (κ2) is 2.38. The van der Waals surface area contributed by atoms with Crippen LogP contribution >= 0.6 is 0 Å². The Morgan fingerprint density at radius 3 is 2.57 bits per heavy atom. The van der Waals surface area contributed by atoms with Crippen molar-refractivity contribution >= 4 is 15.6 Å². The molecular weight excluding hydrogens is 214 g/mol. The molecule has 1 aromatic carbocycles. The molecule has 0 bridgehead atoms. The third kappa shape index (κ3) is 0.836. The quantitative estimate of drug-likeness (QED) is 0.652. The molecule has 1 aromatic rings. The number of hydrogen-bond acceptors (Lipinski definition) is 3. The molecule has 0 unspecified atom stereocenters. The van der Waals surface area contributed by atoms with E-state index in [-0.39, 0.29) is 0 Å². The minimum Gasteiger partial charge on any atom is -0.286 e. The molecule has 0 spiro atoms. The second-order valence-corrected chi connectivity index (χ2v) is 4.69. The van der Waals surface area contributed by atoms with E-state index >= 15 is 0 Å². The van der Waals surface area contributed by atoms with E-state index in [0.717, 1.165) is 6.07 Å². The summed E-state index contributed by atoms with van der Waals surface area (Å²) in [6.07, 6.45) is 0. The molecule has 0 aromatic heterocycles. The van der Waals surface area contributed by atoms with Crippen molar-refractivity contribution in [1.29, 1.82) is 0 Å². The Balaban J connectivity index is 2.88. The SMILES string of the molecule is O=C1c2ccc[c]c2S(=O)(=O)C1(F)F. The standard InChI is InChI=1S/C8H3F2O3S/c9-8(10)7(11)5-3-1-2-4-6(5)14(8,12)13/h1-3H. The highest BCUT2D eigenvalue weighted by atomic mass is 32.2. The van der Waals surface area contributed by atoms with E-state index in [2.05, 4.69) is 6.07 Å². The second-order valence-electron chi connectivity index (χ2n) is 2.76. The van der Waals surface area contributed by atoms with Gasteiger partial charge < -0.3 is 0 Å². The maximum absolute atomic E-state index is 13.0. The van der Waals surface area contributed by atoms with Crippen molar-refractivity contribution < 1.29 is 22.0 Å². The van der Waals surface area contributed by atoms with Crippen LogP contribution in [0.15, 0.2) is 23.1 Å². The van der Waals surface area contributed by atoms with E-state index in [1.807, 2.05) is 0 Å². The highest BCUT2D eigenvalue weighted by Crippen LogP contribution is 2.40. The van der Waals surface area contributed by atoms with E-state index in [1.165, 1.54) is 12.1 Å². The molecule has 0 saturated carbocycles. The minimum absolute atomic E-state index is 0.488. The minimum atomic E-state index is -4.87. The van der Waals surface area contributed by atoms with Gasteiger partial charge in [0, 0.05) is 11.6 Å². The van der Waals surface area contributed by atoms with Crippen LogP contribution in [0.2, 0.25) is 0 Å². The van der Waals surface area contributed by atoms with Crippen molar-refractivity contribution in [2.24, 2.45) is 0 Å². The van der Waals surface area contributed by atoms with Crippen molar-refractivity contribution in [3.63, 3.8) is 0 Å². The molecule has 1 radical (unpaired) electrons. The van der Waals surface area contributed by atoms with Crippen LogP contribution in [0.25, 0.3) is 0 Å². The average Bonchev–Trinajstić information content (AvgIpc) is 2.27. The number of carbonyl (C=O) groups is 1. The molecule has 0 saturated heterocycles. The van der Waals surface area contributed by atoms with Gasteiger partial charge in [-0.25, -0.2) is 8.42 Å². The lowest BCUT2D eigenvalue weighted by atomic mass is 10.1. The van der Waals surface area contributed by atoms with Gasteiger partial charge in [0.2, 0.25) is 5.78 Å². The number of hydrogen-bond donors (Lipinski definition) is 0. The van der Waals surface area contributed by atoms with Crippen LogP contribution < -0.4 is 0 Å². The van der Waals surface area contributed by atoms with Crippen molar-refractivity contribution in [3.8, 4) is 0 Å². The number of rotatable bonds is 0. The zero-order valence-corrected chi connectivity index (χ0v) is 7.44. The summed E-state index contributed by atoms with van der Waals surface area (Å²) >= 11 is 0. The summed E-state index contributed by atoms with van der Waals surface area (Å²) in [5, 5.41) is -4.34. The van der Waals surface area contributed by atoms with E-state index in [9.17, 15) is 22.0 Å². The molecule has 0 amide bonds. The number of benzene rings is 1. The van der Waals surface area contributed by atoms with Gasteiger partial charge in [0.1, 0.15) is 0 Å². The highest BCUT2D eigenvalue weighted by molar-refractivity contribution is 7.94. The lowest BCUT2D eigenvalue weighted by Crippen LogP contribution is -2.30. The van der Waals surface area contributed by atoms with Crippen LogP contribution in [0.3, 0.4) is 0 Å². The van der Waals surface area contributed by atoms with Crippen LogP contribution in [0, 0.1) is 6.07 Å². The summed E-state index contributed by atoms with van der Waals surface area (Å²) in [5.41, 5.74) is -0.488. The Kier molecular flexibility index (Phi) is 1.58. The smallest absolute Gasteiger partial charge is 0.286 e. The van der Waals surface area contributed by atoms with Crippen molar-refractivity contribution in [1.82, 2.24) is 0 Å². The van der Waals surface area contributed by atoms with Gasteiger partial charge in [-0.2, -0.15) is 8.78 Å². The van der Waals surface area contributed by atoms with Crippen molar-refractivity contribution in [2.75, 3.05) is 0 Å². The molecule has 6 heteroatoms. The molecule has 0 fully saturated rings. The van der Waals surface area contributed by atoms with E-state index < -0.39 is 31.3 Å². The van der Waals surface area contributed by atoms with Crippen molar-refractivity contribution in [3.05, 3.63) is 29.8 Å². The summed E-state index contributed by atoms with van der Waals surface area (Å²) in [6, 6.07) is 5.64. The van der Waals surface area contributed by atoms with Crippen LogP contribution in [-0.4, -0.2) is 19.5 Å². The first-order valence-electron chi connectivity index (χ1n) is 3.57. The molecule has 1 aliphatic heterocycles. The van der Waals surface area contributed by atoms with Crippen LogP contribution in [0.4, 0.5) is 8.78 Å². The number of fused-ring (bicyclic) bond motifs is 1. The number of carbonyl (C=O) groups excluding carboxylic acids is 1. The highest BCUT2D eigenvalue weighted by Gasteiger charge is 2.60. The van der Waals surface area contributed by atoms with Gasteiger partial charge in [-0.15, -0.1) is 0 Å². The first-order chi connectivity index (χ1) is 6.39. The Morgan fingerprint density at radius 2 is 2.00 bits per heavy atom. The molecule has 1 aliphatic rings. The van der Waals surface area contributed by atoms with Gasteiger partial charge in [-0.05, 0) is 6.07 Å². The molecule has 0 atom stereocenters. The fourth-order valence-corrected chi connectivity index (χ4v) is 2.51. The summed E-state index contributed by atoms with van der Waals surface area (Å²) in [4.78, 5) is 10.3. The lowest BCUT2D eigenvalue weighted by molar-refractivity contribution is 0.0549. The topological polar surface area (TPSA) is 51.2 Å². The Labute approximate surface area is 78.3 Å². The summed E-state index contributed by atoms with van der Waals surface area (Å²) < 4.78 is 48.1. The number of alkyl halides is 2. The molecule has 0 N–H and O–H groups in total. The lowest BCUT2D eigenvalue weighted by Gasteiger charge is -2.04. The zero-order chi connectivity index (χ0) is 10.6. The molecule has 0 aliphatic carbocycles. The molecule has 1 heterocycles. The normalized spacial score (nSPS) is 22.0. The van der Waals surface area contributed by atoms with Gasteiger partial charge in [0.25, 0.3) is 9.84 Å². The molecule has 3 nitrogen and oxygen atoms in total.